The van der Waals surface area contributed by atoms with Crippen molar-refractivity contribution >= 4 is 0 Å². The third-order valence-electron chi connectivity index (χ3n) is 2.91. The maximum absolute atomic E-state index is 9.44. The molecule has 0 spiro atoms. The molecule has 0 saturated carbocycles. The van der Waals surface area contributed by atoms with Crippen molar-refractivity contribution in [2.45, 2.75) is 31.8 Å². The van der Waals surface area contributed by atoms with E-state index in [4.69, 9.17) is 6.42 Å². The SMILES string of the molecule is C#C[C@@H](C)N[C@H]1CCc2ccc(O)cc21. The molecule has 0 unspecified atom stereocenters. The first-order chi connectivity index (χ1) is 7.20. The normalized spacial score (nSPS) is 20.7. The number of aromatic hydroxyl groups is 1. The van der Waals surface area contributed by atoms with Gasteiger partial charge in [0.05, 0.1) is 6.04 Å². The van der Waals surface area contributed by atoms with Crippen molar-refractivity contribution in [3.8, 4) is 18.1 Å². The first-order valence-corrected chi connectivity index (χ1v) is 5.24. The molecule has 1 aromatic rings. The number of phenolic OH excluding ortho intramolecular Hbond substituents is 1. The lowest BCUT2D eigenvalue weighted by Crippen LogP contribution is -2.27. The number of rotatable bonds is 2. The zero-order valence-electron chi connectivity index (χ0n) is 8.83. The predicted molar refractivity (Wildman–Crippen MR) is 60.6 cm³/mol. The molecule has 1 aromatic carbocycles. The zero-order chi connectivity index (χ0) is 10.8. The maximum atomic E-state index is 9.44. The molecule has 1 aliphatic rings. The Hall–Kier alpha value is -1.46. The minimum atomic E-state index is 0.0725. The molecule has 0 fully saturated rings. The molecule has 0 radical (unpaired) electrons. The van der Waals surface area contributed by atoms with E-state index in [2.05, 4.69) is 11.2 Å². The van der Waals surface area contributed by atoms with Crippen molar-refractivity contribution in [2.24, 2.45) is 0 Å². The number of terminal acetylenes is 1. The zero-order valence-corrected chi connectivity index (χ0v) is 8.83. The van der Waals surface area contributed by atoms with E-state index in [0.29, 0.717) is 5.75 Å². The number of nitrogens with one attached hydrogen (secondary N) is 1. The molecular weight excluding hydrogens is 186 g/mol. The highest BCUT2D eigenvalue weighted by molar-refractivity contribution is 5.40. The summed E-state index contributed by atoms with van der Waals surface area (Å²) in [5, 5.41) is 12.8. The molecule has 2 heteroatoms. The Bertz CT molecular complexity index is 405. The lowest BCUT2D eigenvalue weighted by atomic mass is 10.1. The van der Waals surface area contributed by atoms with Gasteiger partial charge in [-0.25, -0.2) is 0 Å². The second-order valence-electron chi connectivity index (χ2n) is 4.03. The second kappa shape index (κ2) is 3.96. The van der Waals surface area contributed by atoms with Crippen molar-refractivity contribution in [3.05, 3.63) is 29.3 Å². The monoisotopic (exact) mass is 201 g/mol. The van der Waals surface area contributed by atoms with Crippen LogP contribution in [0.25, 0.3) is 0 Å². The van der Waals surface area contributed by atoms with Crippen LogP contribution < -0.4 is 5.32 Å². The minimum absolute atomic E-state index is 0.0725. The fourth-order valence-corrected chi connectivity index (χ4v) is 2.11. The Morgan fingerprint density at radius 1 is 1.60 bits per heavy atom. The van der Waals surface area contributed by atoms with Crippen LogP contribution in [0.5, 0.6) is 5.75 Å². The molecule has 0 bridgehead atoms. The van der Waals surface area contributed by atoms with Crippen LogP contribution in [-0.4, -0.2) is 11.1 Å². The van der Waals surface area contributed by atoms with Gasteiger partial charge in [0.2, 0.25) is 0 Å². The molecule has 0 saturated heterocycles. The third kappa shape index (κ3) is 1.98. The lowest BCUT2D eigenvalue weighted by molar-refractivity contribution is 0.470. The Labute approximate surface area is 90.3 Å². The third-order valence-corrected chi connectivity index (χ3v) is 2.91. The van der Waals surface area contributed by atoms with Gasteiger partial charge in [0.1, 0.15) is 5.75 Å². The minimum Gasteiger partial charge on any atom is -0.508 e. The van der Waals surface area contributed by atoms with Crippen LogP contribution in [0.3, 0.4) is 0 Å². The lowest BCUT2D eigenvalue weighted by Gasteiger charge is -2.16. The van der Waals surface area contributed by atoms with Crippen molar-refractivity contribution < 1.29 is 5.11 Å². The Morgan fingerprint density at radius 2 is 2.40 bits per heavy atom. The van der Waals surface area contributed by atoms with Gasteiger partial charge < -0.3 is 5.11 Å². The van der Waals surface area contributed by atoms with E-state index in [1.54, 1.807) is 6.07 Å². The van der Waals surface area contributed by atoms with Crippen LogP contribution in [-0.2, 0) is 6.42 Å². The highest BCUT2D eigenvalue weighted by Gasteiger charge is 2.23. The molecule has 0 amide bonds. The van der Waals surface area contributed by atoms with Crippen molar-refractivity contribution in [3.63, 3.8) is 0 Å². The molecule has 0 heterocycles. The van der Waals surface area contributed by atoms with E-state index in [-0.39, 0.29) is 12.1 Å². The van der Waals surface area contributed by atoms with Gasteiger partial charge in [0.15, 0.2) is 0 Å². The van der Waals surface area contributed by atoms with Gasteiger partial charge in [-0.05, 0) is 43.0 Å². The van der Waals surface area contributed by atoms with Crippen LogP contribution in [0.1, 0.15) is 30.5 Å². The fourth-order valence-electron chi connectivity index (χ4n) is 2.11. The number of aryl methyl sites for hydroxylation is 1. The predicted octanol–water partition coefficient (Wildman–Crippen LogP) is 1.99. The van der Waals surface area contributed by atoms with Crippen molar-refractivity contribution in [1.29, 1.82) is 0 Å². The maximum Gasteiger partial charge on any atom is 0.115 e. The Balaban J connectivity index is 2.21. The molecule has 2 N–H and O–H groups in total. The second-order valence-corrected chi connectivity index (χ2v) is 4.03. The van der Waals surface area contributed by atoms with Gasteiger partial charge >= 0.3 is 0 Å². The molecule has 2 nitrogen and oxygen atoms in total. The smallest absolute Gasteiger partial charge is 0.115 e. The quantitative estimate of drug-likeness (QED) is 0.717. The molecule has 0 aromatic heterocycles. The van der Waals surface area contributed by atoms with Gasteiger partial charge in [-0.2, -0.15) is 0 Å². The molecule has 2 rings (SSSR count). The molecule has 0 aliphatic heterocycles. The number of hydrogen-bond donors (Lipinski definition) is 2. The van der Waals surface area contributed by atoms with E-state index in [9.17, 15) is 5.11 Å². The number of benzene rings is 1. The summed E-state index contributed by atoms with van der Waals surface area (Å²) >= 11 is 0. The molecule has 1 aliphatic carbocycles. The first kappa shape index (κ1) is 10.1. The Morgan fingerprint density at radius 3 is 3.13 bits per heavy atom. The molecular formula is C13H15NO. The number of hydrogen-bond acceptors (Lipinski definition) is 2. The van der Waals surface area contributed by atoms with Gasteiger partial charge in [-0.15, -0.1) is 6.42 Å². The summed E-state index contributed by atoms with van der Waals surface area (Å²) in [4.78, 5) is 0. The Kier molecular flexibility index (Phi) is 2.66. The number of phenols is 1. The average molecular weight is 201 g/mol. The van der Waals surface area contributed by atoms with E-state index >= 15 is 0 Å². The largest absolute Gasteiger partial charge is 0.508 e. The summed E-state index contributed by atoms with van der Waals surface area (Å²) in [5.41, 5.74) is 2.51. The summed E-state index contributed by atoms with van der Waals surface area (Å²) in [6.45, 7) is 1.97. The van der Waals surface area contributed by atoms with Crippen molar-refractivity contribution in [2.75, 3.05) is 0 Å². The van der Waals surface area contributed by atoms with E-state index in [1.807, 2.05) is 19.1 Å². The van der Waals surface area contributed by atoms with Gasteiger partial charge in [-0.3, -0.25) is 5.32 Å². The van der Waals surface area contributed by atoms with Crippen LogP contribution in [0.15, 0.2) is 18.2 Å². The first-order valence-electron chi connectivity index (χ1n) is 5.24. The van der Waals surface area contributed by atoms with Crippen molar-refractivity contribution in [1.82, 2.24) is 5.32 Å². The van der Waals surface area contributed by atoms with Gasteiger partial charge in [0, 0.05) is 6.04 Å². The van der Waals surface area contributed by atoms with Crippen LogP contribution >= 0.6 is 0 Å². The van der Waals surface area contributed by atoms with E-state index < -0.39 is 0 Å². The van der Waals surface area contributed by atoms with Gasteiger partial charge in [0.25, 0.3) is 0 Å². The standard InChI is InChI=1S/C13H15NO/c1-3-9(2)14-13-7-5-10-4-6-11(15)8-12(10)13/h1,4,6,8-9,13-15H,5,7H2,2H3/t9-,13+/m1/s1. The summed E-state index contributed by atoms with van der Waals surface area (Å²) in [5.74, 6) is 2.99. The molecule has 15 heavy (non-hydrogen) atoms. The topological polar surface area (TPSA) is 32.3 Å². The summed E-state index contributed by atoms with van der Waals surface area (Å²) in [6.07, 6.45) is 7.46. The highest BCUT2D eigenvalue weighted by atomic mass is 16.3. The summed E-state index contributed by atoms with van der Waals surface area (Å²) in [6, 6.07) is 5.93. The number of fused-ring (bicyclic) bond motifs is 1. The molecule has 2 atom stereocenters. The summed E-state index contributed by atoms with van der Waals surface area (Å²) < 4.78 is 0. The van der Waals surface area contributed by atoms with E-state index in [0.717, 1.165) is 12.8 Å². The van der Waals surface area contributed by atoms with Gasteiger partial charge in [-0.1, -0.05) is 12.0 Å². The summed E-state index contributed by atoms with van der Waals surface area (Å²) in [7, 11) is 0. The van der Waals surface area contributed by atoms with Crippen LogP contribution in [0.2, 0.25) is 0 Å². The molecule has 78 valence electrons. The van der Waals surface area contributed by atoms with Crippen LogP contribution in [0.4, 0.5) is 0 Å². The average Bonchev–Trinajstić information content (AvgIpc) is 2.61. The van der Waals surface area contributed by atoms with E-state index in [1.165, 1.54) is 11.1 Å². The van der Waals surface area contributed by atoms with Crippen LogP contribution in [0, 0.1) is 12.3 Å². The highest BCUT2D eigenvalue weighted by Crippen LogP contribution is 2.33. The fraction of sp³-hybridized carbons (Fsp3) is 0.385.